The summed E-state index contributed by atoms with van der Waals surface area (Å²) < 4.78 is 73.8. The van der Waals surface area contributed by atoms with Crippen LogP contribution in [0.5, 0.6) is 17.2 Å². The fourth-order valence-electron chi connectivity index (χ4n) is 10.1. The number of aromatic nitrogens is 5. The first-order valence-corrected chi connectivity index (χ1v) is 25.1. The number of aromatic hydroxyl groups is 2. The number of fused-ring (bicyclic) bond motifs is 2. The molecule has 0 aliphatic carbocycles. The fraction of sp³-hybridized carbons (Fsp3) is 0.389. The third kappa shape index (κ3) is 10.7. The standard InChI is InChI=1S/C54H58F5N11O6/c1-6-76-45-25-36(15-16-40(45)62-52-60-28-42-48(63-52)66(4)41-10-8-7-9-37(41)51(75)67(42)5)69-23-19-34(20-24-69)46(73)33-17-21-68(22-18-33)29-32-11-13-35(14-12-32)70-47(39-26-38(31(2)3)43(71)27-44(39)72)64-65-49(70)50(74)61-30-53(55,56)54(57,58)59/h7-16,25-28,31,33-34,71-72H,6,17-24,29-30H2,1-5H3,(H,61,74)(H,60,62,63). The van der Waals surface area contributed by atoms with Crippen LogP contribution in [-0.4, -0.2) is 123 Å². The summed E-state index contributed by atoms with van der Waals surface area (Å²) in [6.45, 7) is 7.16. The molecule has 400 valence electrons. The van der Waals surface area contributed by atoms with Gasteiger partial charge in [-0.1, -0.05) is 38.1 Å². The van der Waals surface area contributed by atoms with E-state index < -0.39 is 36.1 Å². The number of phenols is 2. The Morgan fingerprint density at radius 2 is 1.47 bits per heavy atom. The molecule has 17 nitrogen and oxygen atoms in total. The molecule has 9 rings (SSSR count). The van der Waals surface area contributed by atoms with Gasteiger partial charge in [0.2, 0.25) is 11.8 Å². The van der Waals surface area contributed by atoms with Gasteiger partial charge in [-0.2, -0.15) is 26.9 Å². The van der Waals surface area contributed by atoms with Crippen LogP contribution in [0.3, 0.4) is 0 Å². The maximum atomic E-state index is 14.0. The summed E-state index contributed by atoms with van der Waals surface area (Å²) in [4.78, 5) is 57.8. The number of nitrogens with zero attached hydrogens (tertiary/aromatic N) is 9. The van der Waals surface area contributed by atoms with E-state index in [0.29, 0.717) is 92.2 Å². The summed E-state index contributed by atoms with van der Waals surface area (Å²) in [6.07, 6.45) is -1.45. The van der Waals surface area contributed by atoms with Gasteiger partial charge in [-0.25, -0.2) is 4.98 Å². The number of carbonyl (C=O) groups is 3. The van der Waals surface area contributed by atoms with Gasteiger partial charge in [0.1, 0.15) is 28.7 Å². The number of ketones is 1. The molecule has 0 bridgehead atoms. The second-order valence-electron chi connectivity index (χ2n) is 19.6. The van der Waals surface area contributed by atoms with Crippen LogP contribution in [0.1, 0.15) is 84.5 Å². The number of hydrogen-bond acceptors (Lipinski definition) is 14. The predicted molar refractivity (Wildman–Crippen MR) is 276 cm³/mol. The number of nitrogens with one attached hydrogen (secondary N) is 2. The van der Waals surface area contributed by atoms with Gasteiger partial charge in [0.25, 0.3) is 11.8 Å². The van der Waals surface area contributed by atoms with Crippen molar-refractivity contribution in [3.63, 3.8) is 0 Å². The zero-order chi connectivity index (χ0) is 54.2. The number of carbonyl (C=O) groups excluding carboxylic acids is 3. The Kier molecular flexibility index (Phi) is 14.9. The molecule has 2 aromatic heterocycles. The summed E-state index contributed by atoms with van der Waals surface area (Å²) >= 11 is 0. The van der Waals surface area contributed by atoms with Crippen LogP contribution in [0.2, 0.25) is 0 Å². The van der Waals surface area contributed by atoms with Crippen LogP contribution in [0.15, 0.2) is 85.1 Å². The number of alkyl halides is 5. The molecule has 0 spiro atoms. The highest BCUT2D eigenvalue weighted by Gasteiger charge is 2.57. The summed E-state index contributed by atoms with van der Waals surface area (Å²) in [7, 11) is 3.57. The first-order chi connectivity index (χ1) is 36.2. The number of amides is 2. The zero-order valence-corrected chi connectivity index (χ0v) is 42.5. The number of ether oxygens (including phenoxy) is 1. The topological polar surface area (TPSA) is 194 Å². The van der Waals surface area contributed by atoms with Crippen molar-refractivity contribution in [3.8, 4) is 34.3 Å². The van der Waals surface area contributed by atoms with E-state index >= 15 is 0 Å². The molecule has 0 unspecified atom stereocenters. The maximum Gasteiger partial charge on any atom is 0.455 e. The molecule has 5 heterocycles. The van der Waals surface area contributed by atoms with Crippen molar-refractivity contribution >= 4 is 52.1 Å². The van der Waals surface area contributed by atoms with Crippen LogP contribution in [0.4, 0.5) is 56.5 Å². The first kappa shape index (κ1) is 53.0. The van der Waals surface area contributed by atoms with Crippen molar-refractivity contribution in [2.45, 2.75) is 71.0 Å². The van der Waals surface area contributed by atoms with Crippen molar-refractivity contribution in [3.05, 3.63) is 108 Å². The van der Waals surface area contributed by atoms with Gasteiger partial charge in [-0.3, -0.25) is 23.9 Å². The number of Topliss-reactive ketones (excluding diaryl/α,β-unsaturated/α-hetero) is 1. The fourth-order valence-corrected chi connectivity index (χ4v) is 10.1. The Morgan fingerprint density at radius 3 is 2.14 bits per heavy atom. The van der Waals surface area contributed by atoms with Crippen LogP contribution in [0, 0.1) is 11.8 Å². The van der Waals surface area contributed by atoms with Crippen molar-refractivity contribution < 1.29 is 51.3 Å². The van der Waals surface area contributed by atoms with E-state index in [9.17, 15) is 46.5 Å². The van der Waals surface area contributed by atoms with Crippen LogP contribution in [0.25, 0.3) is 17.1 Å². The zero-order valence-electron chi connectivity index (χ0n) is 42.5. The first-order valence-electron chi connectivity index (χ1n) is 25.1. The Balaban J connectivity index is 0.812. The van der Waals surface area contributed by atoms with Gasteiger partial charge in [-0.15, -0.1) is 10.2 Å². The second kappa shape index (κ2) is 21.4. The van der Waals surface area contributed by atoms with Gasteiger partial charge in [0.15, 0.2) is 11.6 Å². The van der Waals surface area contributed by atoms with Crippen molar-refractivity contribution in [1.29, 1.82) is 0 Å². The van der Waals surface area contributed by atoms with Gasteiger partial charge in [0, 0.05) is 69.1 Å². The summed E-state index contributed by atoms with van der Waals surface area (Å²) in [5.41, 5.74) is 5.08. The molecular weight excluding hydrogens is 994 g/mol. The van der Waals surface area contributed by atoms with Crippen LogP contribution >= 0.6 is 0 Å². The molecule has 0 radical (unpaired) electrons. The molecule has 2 amide bonds. The molecule has 2 fully saturated rings. The number of piperidine rings is 2. The summed E-state index contributed by atoms with van der Waals surface area (Å²) in [6, 6.07) is 22.6. The predicted octanol–water partition coefficient (Wildman–Crippen LogP) is 9.38. The Morgan fingerprint density at radius 1 is 0.803 bits per heavy atom. The molecule has 6 aromatic rings. The molecule has 0 atom stereocenters. The minimum absolute atomic E-state index is 0.0286. The Labute approximate surface area is 435 Å². The molecule has 3 aliphatic rings. The van der Waals surface area contributed by atoms with E-state index in [1.54, 1.807) is 67.6 Å². The number of hydrogen-bond donors (Lipinski definition) is 4. The maximum absolute atomic E-state index is 14.0. The highest BCUT2D eigenvalue weighted by atomic mass is 19.4. The van der Waals surface area contributed by atoms with E-state index in [0.717, 1.165) is 40.4 Å². The molecule has 76 heavy (non-hydrogen) atoms. The lowest BCUT2D eigenvalue weighted by Gasteiger charge is -2.37. The van der Waals surface area contributed by atoms with E-state index in [-0.39, 0.29) is 52.3 Å². The second-order valence-corrected chi connectivity index (χ2v) is 19.6. The van der Waals surface area contributed by atoms with Gasteiger partial charge < -0.3 is 40.3 Å². The van der Waals surface area contributed by atoms with Gasteiger partial charge in [-0.05, 0) is 105 Å². The quantitative estimate of drug-likeness (QED) is 0.0711. The lowest BCUT2D eigenvalue weighted by molar-refractivity contribution is -0.278. The lowest BCUT2D eigenvalue weighted by atomic mass is 9.81. The number of para-hydroxylation sites is 1. The van der Waals surface area contributed by atoms with Crippen molar-refractivity contribution in [2.75, 3.05) is 73.4 Å². The number of halogens is 5. The van der Waals surface area contributed by atoms with E-state index in [1.807, 2.05) is 55.3 Å². The normalized spacial score (nSPS) is 15.9. The largest absolute Gasteiger partial charge is 0.508 e. The monoisotopic (exact) mass is 1050 g/mol. The Hall–Kier alpha value is -7.88. The molecular formula is C54H58F5N11O6. The number of anilines is 6. The van der Waals surface area contributed by atoms with E-state index in [1.165, 1.54) is 6.07 Å². The molecule has 22 heteroatoms. The third-order valence-corrected chi connectivity index (χ3v) is 14.4. The smallest absolute Gasteiger partial charge is 0.455 e. The highest BCUT2D eigenvalue weighted by molar-refractivity contribution is 6.13. The molecule has 4 N–H and O–H groups in total. The summed E-state index contributed by atoms with van der Waals surface area (Å²) in [5.74, 6) is -6.66. The average molecular weight is 1050 g/mol. The minimum Gasteiger partial charge on any atom is -0.508 e. The highest BCUT2D eigenvalue weighted by Crippen LogP contribution is 2.42. The van der Waals surface area contributed by atoms with Gasteiger partial charge in [0.05, 0.1) is 41.9 Å². The van der Waals surface area contributed by atoms with Gasteiger partial charge >= 0.3 is 12.1 Å². The van der Waals surface area contributed by atoms with E-state index in [2.05, 4.69) is 30.3 Å². The molecule has 3 aliphatic heterocycles. The SMILES string of the molecule is CCOc1cc(N2CCC(C(=O)C3CCN(Cc4ccc(-n5c(C(=O)NCC(F)(F)C(F)(F)F)nnc5-c5cc(C(C)C)c(O)cc5O)cc4)CC3)CC2)ccc1Nc1ncc2c(n1)N(C)c1ccccc1C(=O)N2C. The third-order valence-electron chi connectivity index (χ3n) is 14.4. The number of likely N-dealkylation sites (tertiary alicyclic amines) is 1. The number of phenolic OH excluding ortho intramolecular Hbond substituents is 2. The number of benzene rings is 4. The molecule has 4 aromatic carbocycles. The minimum atomic E-state index is -5.91. The van der Waals surface area contributed by atoms with Crippen LogP contribution < -0.4 is 30.1 Å². The van der Waals surface area contributed by atoms with Crippen molar-refractivity contribution in [1.82, 2.24) is 34.9 Å². The lowest BCUT2D eigenvalue weighted by Crippen LogP contribution is -2.47. The van der Waals surface area contributed by atoms with Crippen molar-refractivity contribution in [2.24, 2.45) is 11.8 Å². The summed E-state index contributed by atoms with van der Waals surface area (Å²) in [5, 5.41) is 34.2. The average Bonchev–Trinajstić information content (AvgIpc) is 3.84. The Bertz CT molecular complexity index is 3140. The molecule has 2 saturated heterocycles. The van der Waals surface area contributed by atoms with E-state index in [4.69, 9.17) is 9.72 Å². The number of rotatable bonds is 15. The van der Waals surface area contributed by atoms with Crippen LogP contribution in [-0.2, 0) is 11.3 Å². The molecule has 0 saturated carbocycles.